The largest absolute Gasteiger partial charge is 0.357 e. The average Bonchev–Trinajstić information content (AvgIpc) is 2.89. The van der Waals surface area contributed by atoms with Crippen LogP contribution in [-0.4, -0.2) is 42.4 Å². The molecule has 5 heteroatoms. The molecule has 1 aliphatic rings. The number of nitrogens with two attached hydrogens (primary N) is 1. The third-order valence-electron chi connectivity index (χ3n) is 4.05. The van der Waals surface area contributed by atoms with Crippen molar-refractivity contribution in [3.63, 3.8) is 0 Å². The van der Waals surface area contributed by atoms with Crippen LogP contribution in [0.15, 0.2) is 30.3 Å². The van der Waals surface area contributed by atoms with E-state index in [1.54, 1.807) is 11.9 Å². The first kappa shape index (κ1) is 15.5. The molecule has 0 aliphatic carbocycles. The van der Waals surface area contributed by atoms with Crippen LogP contribution < -0.4 is 11.1 Å². The monoisotopic (exact) mass is 289 g/mol. The van der Waals surface area contributed by atoms with Crippen molar-refractivity contribution >= 4 is 11.8 Å². The number of likely N-dealkylation sites (tertiary alicyclic amines) is 1. The summed E-state index contributed by atoms with van der Waals surface area (Å²) >= 11 is 0. The van der Waals surface area contributed by atoms with Crippen LogP contribution in [0.1, 0.15) is 31.2 Å². The smallest absolute Gasteiger partial charge is 0.242 e. The van der Waals surface area contributed by atoms with Crippen LogP contribution in [0.25, 0.3) is 0 Å². The maximum absolute atomic E-state index is 12.5. The molecule has 1 heterocycles. The first-order chi connectivity index (χ1) is 10.0. The molecule has 2 amide bonds. The summed E-state index contributed by atoms with van der Waals surface area (Å²) in [5.41, 5.74) is 7.04. The Kier molecular flexibility index (Phi) is 4.96. The summed E-state index contributed by atoms with van der Waals surface area (Å²) in [6.07, 6.45) is 0.926. The highest BCUT2D eigenvalue weighted by Gasteiger charge is 2.37. The highest BCUT2D eigenvalue weighted by atomic mass is 16.2. The van der Waals surface area contributed by atoms with Gasteiger partial charge in [0.05, 0.1) is 0 Å². The first-order valence-electron chi connectivity index (χ1n) is 7.34. The van der Waals surface area contributed by atoms with Gasteiger partial charge in [-0.05, 0) is 17.9 Å². The summed E-state index contributed by atoms with van der Waals surface area (Å²) in [4.78, 5) is 26.0. The molecule has 3 atom stereocenters. The predicted octanol–water partition coefficient (Wildman–Crippen LogP) is 0.854. The number of nitrogens with zero attached hydrogens (tertiary/aromatic N) is 1. The average molecular weight is 289 g/mol. The van der Waals surface area contributed by atoms with Gasteiger partial charge >= 0.3 is 0 Å². The van der Waals surface area contributed by atoms with Crippen LogP contribution >= 0.6 is 0 Å². The number of rotatable bonds is 4. The van der Waals surface area contributed by atoms with E-state index in [4.69, 9.17) is 5.73 Å². The van der Waals surface area contributed by atoms with Crippen molar-refractivity contribution in [2.45, 2.75) is 37.8 Å². The molecule has 2 rings (SSSR count). The molecule has 0 bridgehead atoms. The lowest BCUT2D eigenvalue weighted by Crippen LogP contribution is -2.45. The second kappa shape index (κ2) is 6.72. The van der Waals surface area contributed by atoms with Crippen molar-refractivity contribution in [2.75, 3.05) is 13.6 Å². The minimum Gasteiger partial charge on any atom is -0.357 e. The van der Waals surface area contributed by atoms with Gasteiger partial charge in [0.1, 0.15) is 6.04 Å². The van der Waals surface area contributed by atoms with Gasteiger partial charge in [-0.3, -0.25) is 9.59 Å². The second-order valence-corrected chi connectivity index (χ2v) is 5.69. The Morgan fingerprint density at radius 1 is 1.38 bits per heavy atom. The highest BCUT2D eigenvalue weighted by molar-refractivity contribution is 5.88. The Hall–Kier alpha value is -1.88. The van der Waals surface area contributed by atoms with Gasteiger partial charge < -0.3 is 16.0 Å². The normalized spacial score (nSPS) is 22.9. The van der Waals surface area contributed by atoms with Gasteiger partial charge in [0.15, 0.2) is 0 Å². The lowest BCUT2D eigenvalue weighted by molar-refractivity contribution is -0.138. The molecule has 5 nitrogen and oxygen atoms in total. The zero-order valence-electron chi connectivity index (χ0n) is 12.6. The Morgan fingerprint density at radius 2 is 2.05 bits per heavy atom. The van der Waals surface area contributed by atoms with E-state index in [1.807, 2.05) is 37.3 Å². The minimum absolute atomic E-state index is 0.00657. The number of nitrogens with one attached hydrogen (secondary N) is 1. The van der Waals surface area contributed by atoms with E-state index in [-0.39, 0.29) is 23.8 Å². The number of hydrogen-bond donors (Lipinski definition) is 2. The topological polar surface area (TPSA) is 75.4 Å². The summed E-state index contributed by atoms with van der Waals surface area (Å²) in [6.45, 7) is 2.48. The van der Waals surface area contributed by atoms with Gasteiger partial charge in [-0.15, -0.1) is 0 Å². The summed E-state index contributed by atoms with van der Waals surface area (Å²) in [7, 11) is 1.58. The molecule has 1 aromatic carbocycles. The van der Waals surface area contributed by atoms with E-state index in [9.17, 15) is 9.59 Å². The van der Waals surface area contributed by atoms with Crippen LogP contribution in [-0.2, 0) is 9.59 Å². The Balaban J connectivity index is 2.03. The number of hydrogen-bond acceptors (Lipinski definition) is 3. The van der Waals surface area contributed by atoms with Crippen molar-refractivity contribution in [3.8, 4) is 0 Å². The highest BCUT2D eigenvalue weighted by Crippen LogP contribution is 2.23. The fourth-order valence-corrected chi connectivity index (χ4v) is 2.84. The van der Waals surface area contributed by atoms with Gasteiger partial charge in [0.2, 0.25) is 11.8 Å². The SMILES string of the molecule is CNC(=O)[C@@H]1C[C@H](N)CN1C(=O)C[C@@H](C)c1ccccc1. The fraction of sp³-hybridized carbons (Fsp3) is 0.500. The summed E-state index contributed by atoms with van der Waals surface area (Å²) in [5, 5.41) is 2.61. The van der Waals surface area contributed by atoms with Crippen molar-refractivity contribution in [1.82, 2.24) is 10.2 Å². The van der Waals surface area contributed by atoms with Gasteiger partial charge in [0.25, 0.3) is 0 Å². The summed E-state index contributed by atoms with van der Waals surface area (Å²) in [6, 6.07) is 9.38. The van der Waals surface area contributed by atoms with Gasteiger partial charge in [-0.2, -0.15) is 0 Å². The van der Waals surface area contributed by atoms with Crippen molar-refractivity contribution in [3.05, 3.63) is 35.9 Å². The third kappa shape index (κ3) is 3.61. The standard InChI is InChI=1S/C16H23N3O2/c1-11(12-6-4-3-5-7-12)8-15(20)19-10-13(17)9-14(19)16(21)18-2/h3-7,11,13-14H,8-10,17H2,1-2H3,(H,18,21)/t11-,13+,14+/m1/s1. The molecule has 1 saturated heterocycles. The number of benzene rings is 1. The third-order valence-corrected chi connectivity index (χ3v) is 4.05. The van der Waals surface area contributed by atoms with Gasteiger partial charge in [0, 0.05) is 26.1 Å². The van der Waals surface area contributed by atoms with Crippen LogP contribution in [0.5, 0.6) is 0 Å². The molecule has 114 valence electrons. The zero-order chi connectivity index (χ0) is 15.4. The molecular formula is C16H23N3O2. The van der Waals surface area contributed by atoms with Gasteiger partial charge in [-0.25, -0.2) is 0 Å². The van der Waals surface area contributed by atoms with E-state index in [0.29, 0.717) is 19.4 Å². The van der Waals surface area contributed by atoms with E-state index in [1.165, 1.54) is 0 Å². The molecule has 3 N–H and O–H groups in total. The maximum Gasteiger partial charge on any atom is 0.242 e. The number of carbonyl (C=O) groups is 2. The van der Waals surface area contributed by atoms with Crippen LogP contribution in [0, 0.1) is 0 Å². The molecule has 0 aromatic heterocycles. The Morgan fingerprint density at radius 3 is 2.67 bits per heavy atom. The summed E-state index contributed by atoms with van der Waals surface area (Å²) in [5.74, 6) is -0.0163. The number of likely N-dealkylation sites (N-methyl/N-ethyl adjacent to an activating group) is 1. The van der Waals surface area contributed by atoms with E-state index < -0.39 is 6.04 Å². The fourth-order valence-electron chi connectivity index (χ4n) is 2.84. The van der Waals surface area contributed by atoms with Crippen LogP contribution in [0.2, 0.25) is 0 Å². The number of carbonyl (C=O) groups excluding carboxylic acids is 2. The lowest BCUT2D eigenvalue weighted by atomic mass is 9.97. The molecule has 1 fully saturated rings. The Bertz CT molecular complexity index is 504. The molecular weight excluding hydrogens is 266 g/mol. The van der Waals surface area contributed by atoms with Crippen molar-refractivity contribution < 1.29 is 9.59 Å². The molecule has 21 heavy (non-hydrogen) atoms. The molecule has 0 saturated carbocycles. The van der Waals surface area contributed by atoms with Crippen molar-refractivity contribution in [1.29, 1.82) is 0 Å². The predicted molar refractivity (Wildman–Crippen MR) is 81.6 cm³/mol. The van der Waals surface area contributed by atoms with Crippen LogP contribution in [0.3, 0.4) is 0 Å². The molecule has 1 aromatic rings. The van der Waals surface area contributed by atoms with Gasteiger partial charge in [-0.1, -0.05) is 37.3 Å². The summed E-state index contributed by atoms with van der Waals surface area (Å²) < 4.78 is 0. The van der Waals surface area contributed by atoms with E-state index in [0.717, 1.165) is 5.56 Å². The lowest BCUT2D eigenvalue weighted by Gasteiger charge is -2.24. The van der Waals surface area contributed by atoms with Crippen molar-refractivity contribution in [2.24, 2.45) is 5.73 Å². The van der Waals surface area contributed by atoms with E-state index in [2.05, 4.69) is 5.32 Å². The minimum atomic E-state index is -0.430. The second-order valence-electron chi connectivity index (χ2n) is 5.69. The zero-order valence-corrected chi connectivity index (χ0v) is 12.6. The Labute approximate surface area is 125 Å². The number of amides is 2. The molecule has 1 aliphatic heterocycles. The first-order valence-corrected chi connectivity index (χ1v) is 7.34. The quantitative estimate of drug-likeness (QED) is 0.863. The maximum atomic E-state index is 12.5. The molecule has 0 spiro atoms. The molecule has 0 unspecified atom stereocenters. The van der Waals surface area contributed by atoms with Crippen LogP contribution in [0.4, 0.5) is 0 Å². The van der Waals surface area contributed by atoms with E-state index >= 15 is 0 Å². The molecule has 0 radical (unpaired) electrons.